The maximum atomic E-state index is 13.7. The second-order valence-corrected chi connectivity index (χ2v) is 7.21. The zero-order valence-electron chi connectivity index (χ0n) is 16.0. The van der Waals surface area contributed by atoms with E-state index in [2.05, 4.69) is 5.32 Å². The lowest BCUT2D eigenvalue weighted by Gasteiger charge is -2.35. The van der Waals surface area contributed by atoms with Gasteiger partial charge in [0, 0.05) is 31.1 Å². The third-order valence-corrected chi connectivity index (χ3v) is 5.52. The number of nitrogens with zero attached hydrogens (tertiary/aromatic N) is 1. The number of fused-ring (bicyclic) bond motifs is 1. The first-order chi connectivity index (χ1) is 13.3. The summed E-state index contributed by atoms with van der Waals surface area (Å²) < 4.78 is 46.4. The second kappa shape index (κ2) is 8.39. The van der Waals surface area contributed by atoms with Crippen molar-refractivity contribution in [3.8, 4) is 5.75 Å². The molecule has 1 aliphatic heterocycles. The Balaban J connectivity index is 1.97. The first-order valence-corrected chi connectivity index (χ1v) is 9.39. The second-order valence-electron chi connectivity index (χ2n) is 7.21. The fourth-order valence-corrected chi connectivity index (χ4v) is 4.07. The molecule has 0 aromatic heterocycles. The highest BCUT2D eigenvalue weighted by Crippen LogP contribution is 2.47. The lowest BCUT2D eigenvalue weighted by Crippen LogP contribution is -2.40. The predicted octanol–water partition coefficient (Wildman–Crippen LogP) is 3.87. The maximum absolute atomic E-state index is 13.7. The fraction of sp³-hybridized carbons (Fsp3) is 0.476. The van der Waals surface area contributed by atoms with Crippen LogP contribution in [-0.2, 0) is 4.79 Å². The highest BCUT2D eigenvalue weighted by Gasteiger charge is 2.48. The first kappa shape index (κ1) is 20.5. The van der Waals surface area contributed by atoms with E-state index in [4.69, 9.17) is 4.74 Å². The number of halogens is 3. The Bertz CT molecular complexity index is 756. The minimum absolute atomic E-state index is 0.138. The van der Waals surface area contributed by atoms with Gasteiger partial charge in [-0.05, 0) is 43.2 Å². The Morgan fingerprint density at radius 2 is 1.96 bits per heavy atom. The lowest BCUT2D eigenvalue weighted by molar-refractivity contribution is -0.173. The van der Waals surface area contributed by atoms with Crippen molar-refractivity contribution in [3.05, 3.63) is 53.8 Å². The Hall–Kier alpha value is -2.28. The van der Waals surface area contributed by atoms with E-state index in [9.17, 15) is 18.0 Å². The van der Waals surface area contributed by atoms with E-state index >= 15 is 0 Å². The largest absolute Gasteiger partial charge is 0.497 e. The number of allylic oxidation sites excluding steroid dienone is 4. The Labute approximate surface area is 163 Å². The number of hydrogen-bond donors (Lipinski definition) is 1. The number of ether oxygens (including phenoxy) is 1. The molecule has 4 nitrogen and oxygen atoms in total. The van der Waals surface area contributed by atoms with E-state index in [0.717, 1.165) is 5.56 Å². The van der Waals surface area contributed by atoms with Gasteiger partial charge < -0.3 is 15.0 Å². The van der Waals surface area contributed by atoms with Crippen LogP contribution in [0.5, 0.6) is 5.75 Å². The van der Waals surface area contributed by atoms with E-state index in [1.807, 2.05) is 12.1 Å². The summed E-state index contributed by atoms with van der Waals surface area (Å²) in [7, 11) is 3.32. The number of alkyl halides is 3. The van der Waals surface area contributed by atoms with Crippen LogP contribution >= 0.6 is 0 Å². The van der Waals surface area contributed by atoms with Crippen LogP contribution in [0.3, 0.4) is 0 Å². The van der Waals surface area contributed by atoms with Gasteiger partial charge in [0.15, 0.2) is 0 Å². The van der Waals surface area contributed by atoms with Crippen LogP contribution in [0, 0.1) is 11.8 Å². The van der Waals surface area contributed by atoms with Crippen molar-refractivity contribution >= 4 is 5.91 Å². The van der Waals surface area contributed by atoms with Crippen LogP contribution in [0.25, 0.3) is 0 Å². The van der Waals surface area contributed by atoms with Gasteiger partial charge in [-0.15, -0.1) is 0 Å². The third-order valence-electron chi connectivity index (χ3n) is 5.52. The summed E-state index contributed by atoms with van der Waals surface area (Å²) in [6.07, 6.45) is 0.412. The van der Waals surface area contributed by atoms with Gasteiger partial charge in [0.1, 0.15) is 5.75 Å². The molecular formula is C21H25F3N2O2. The summed E-state index contributed by atoms with van der Waals surface area (Å²) in [6.45, 7) is 0.870. The molecule has 1 saturated heterocycles. The van der Waals surface area contributed by atoms with Crippen LogP contribution in [0.2, 0.25) is 0 Å². The molecule has 1 aromatic rings. The zero-order valence-corrected chi connectivity index (χ0v) is 16.0. The Kier molecular flexibility index (Phi) is 6.13. The normalized spacial score (nSPS) is 25.2. The zero-order chi connectivity index (χ0) is 20.3. The van der Waals surface area contributed by atoms with Crippen molar-refractivity contribution < 1.29 is 22.7 Å². The van der Waals surface area contributed by atoms with E-state index in [1.165, 1.54) is 17.1 Å². The highest BCUT2D eigenvalue weighted by molar-refractivity contribution is 5.80. The summed E-state index contributed by atoms with van der Waals surface area (Å²) in [4.78, 5) is 14.5. The molecular weight excluding hydrogens is 369 g/mol. The standard InChI is InChI=1S/C21H25F3N2O2/c1-25-10-11-26-19-5-3-4-18(21(22,23)24)17(19)12-15(13-20(26)27)14-6-8-16(28-2)9-7-14/h3-9,15,17-18,25H,10-13H2,1-2H3. The monoisotopic (exact) mass is 394 g/mol. The van der Waals surface area contributed by atoms with Gasteiger partial charge in [0.25, 0.3) is 0 Å². The molecule has 3 atom stereocenters. The highest BCUT2D eigenvalue weighted by atomic mass is 19.4. The van der Waals surface area contributed by atoms with E-state index < -0.39 is 18.0 Å². The molecule has 0 saturated carbocycles. The topological polar surface area (TPSA) is 41.6 Å². The van der Waals surface area contributed by atoms with Crippen molar-refractivity contribution in [3.63, 3.8) is 0 Å². The van der Waals surface area contributed by atoms with Crippen molar-refractivity contribution in [1.82, 2.24) is 10.2 Å². The number of rotatable bonds is 5. The van der Waals surface area contributed by atoms with Gasteiger partial charge in [-0.3, -0.25) is 4.79 Å². The SMILES string of the molecule is CNCCN1C(=O)CC(c2ccc(OC)cc2)CC2C1=CC=CC2C(F)(F)F. The van der Waals surface area contributed by atoms with Crippen LogP contribution in [0.4, 0.5) is 13.2 Å². The number of nitrogens with one attached hydrogen (secondary N) is 1. The summed E-state index contributed by atoms with van der Waals surface area (Å²) in [6, 6.07) is 7.24. The average molecular weight is 394 g/mol. The minimum atomic E-state index is -4.35. The van der Waals surface area contributed by atoms with Crippen LogP contribution in [0.1, 0.15) is 24.3 Å². The Morgan fingerprint density at radius 1 is 1.25 bits per heavy atom. The van der Waals surface area contributed by atoms with E-state index in [-0.39, 0.29) is 24.7 Å². The van der Waals surface area contributed by atoms with E-state index in [1.54, 1.807) is 32.4 Å². The molecule has 1 aliphatic carbocycles. The molecule has 3 unspecified atom stereocenters. The van der Waals surface area contributed by atoms with E-state index in [0.29, 0.717) is 24.5 Å². The first-order valence-electron chi connectivity index (χ1n) is 9.39. The number of methoxy groups -OCH3 is 1. The smallest absolute Gasteiger partial charge is 0.395 e. The molecule has 3 rings (SSSR count). The molecule has 1 aromatic carbocycles. The molecule has 152 valence electrons. The average Bonchev–Trinajstić information content (AvgIpc) is 2.81. The van der Waals surface area contributed by atoms with Crippen molar-refractivity contribution in [2.45, 2.75) is 24.9 Å². The molecule has 2 aliphatic rings. The van der Waals surface area contributed by atoms with Crippen LogP contribution in [0.15, 0.2) is 48.2 Å². The predicted molar refractivity (Wildman–Crippen MR) is 101 cm³/mol. The number of carbonyl (C=O) groups excluding carboxylic acids is 1. The molecule has 0 radical (unpaired) electrons. The van der Waals surface area contributed by atoms with Gasteiger partial charge >= 0.3 is 6.18 Å². The summed E-state index contributed by atoms with van der Waals surface area (Å²) in [5.41, 5.74) is 1.33. The molecule has 1 heterocycles. The number of likely N-dealkylation sites (tertiary alicyclic amines) is 1. The molecule has 0 spiro atoms. The van der Waals surface area contributed by atoms with Gasteiger partial charge in [-0.1, -0.05) is 24.3 Å². The summed E-state index contributed by atoms with van der Waals surface area (Å²) in [5, 5.41) is 2.97. The van der Waals surface area contributed by atoms with Crippen LogP contribution in [-0.4, -0.2) is 44.2 Å². The van der Waals surface area contributed by atoms with Gasteiger partial charge in [-0.25, -0.2) is 0 Å². The quantitative estimate of drug-likeness (QED) is 0.824. The molecule has 1 amide bonds. The molecule has 28 heavy (non-hydrogen) atoms. The van der Waals surface area contributed by atoms with Gasteiger partial charge in [0.2, 0.25) is 5.91 Å². The maximum Gasteiger partial charge on any atom is 0.395 e. The molecule has 1 fully saturated rings. The minimum Gasteiger partial charge on any atom is -0.497 e. The summed E-state index contributed by atoms with van der Waals surface area (Å²) in [5.74, 6) is -2.10. The third kappa shape index (κ3) is 4.24. The molecule has 7 heteroatoms. The van der Waals surface area contributed by atoms with Gasteiger partial charge in [0.05, 0.1) is 13.0 Å². The number of amides is 1. The molecule has 0 bridgehead atoms. The van der Waals surface area contributed by atoms with Crippen molar-refractivity contribution in [2.24, 2.45) is 11.8 Å². The van der Waals surface area contributed by atoms with Crippen molar-refractivity contribution in [1.29, 1.82) is 0 Å². The number of hydrogen-bond acceptors (Lipinski definition) is 3. The van der Waals surface area contributed by atoms with Gasteiger partial charge in [-0.2, -0.15) is 13.2 Å². The Morgan fingerprint density at radius 3 is 2.57 bits per heavy atom. The number of benzene rings is 1. The van der Waals surface area contributed by atoms with Crippen LogP contribution < -0.4 is 10.1 Å². The fourth-order valence-electron chi connectivity index (χ4n) is 4.07. The van der Waals surface area contributed by atoms with Crippen molar-refractivity contribution in [2.75, 3.05) is 27.2 Å². The number of likely N-dealkylation sites (N-methyl/N-ethyl adjacent to an activating group) is 1. The summed E-state index contributed by atoms with van der Waals surface area (Å²) >= 11 is 0. The number of carbonyl (C=O) groups is 1. The molecule has 1 N–H and O–H groups in total. The lowest BCUT2D eigenvalue weighted by atomic mass is 9.77.